The number of ether oxygens (including phenoxy) is 1. The first kappa shape index (κ1) is 14.4. The van der Waals surface area contributed by atoms with E-state index in [1.807, 2.05) is 0 Å². The Balaban J connectivity index is 3.72. The third-order valence-electron chi connectivity index (χ3n) is 2.19. The molecule has 0 aliphatic rings. The van der Waals surface area contributed by atoms with E-state index in [0.717, 1.165) is 25.0 Å². The molecule has 14 heavy (non-hydrogen) atoms. The van der Waals surface area contributed by atoms with Crippen LogP contribution in [0, 0.1) is 5.41 Å². The van der Waals surface area contributed by atoms with Crippen molar-refractivity contribution >= 4 is 15.9 Å². The second-order valence-electron chi connectivity index (χ2n) is 4.83. The van der Waals surface area contributed by atoms with Crippen LogP contribution in [0.25, 0.3) is 0 Å². The molecule has 0 aromatic carbocycles. The monoisotopic (exact) mass is 265 g/mol. The van der Waals surface area contributed by atoms with Crippen molar-refractivity contribution in [2.75, 3.05) is 38.7 Å². The van der Waals surface area contributed by atoms with E-state index in [2.05, 4.69) is 41.6 Å². The molecule has 0 fully saturated rings. The van der Waals surface area contributed by atoms with Gasteiger partial charge in [0.1, 0.15) is 0 Å². The lowest BCUT2D eigenvalue weighted by Gasteiger charge is -2.25. The number of hydrogen-bond donors (Lipinski definition) is 0. The van der Waals surface area contributed by atoms with Crippen molar-refractivity contribution in [3.8, 4) is 0 Å². The smallest absolute Gasteiger partial charge is 0.0589 e. The summed E-state index contributed by atoms with van der Waals surface area (Å²) < 4.78 is 5.09. The minimum Gasteiger partial charge on any atom is -0.383 e. The molecule has 0 N–H and O–H groups in total. The van der Waals surface area contributed by atoms with E-state index in [4.69, 9.17) is 4.74 Å². The van der Waals surface area contributed by atoms with E-state index in [0.29, 0.717) is 5.41 Å². The van der Waals surface area contributed by atoms with Crippen LogP contribution in [0.3, 0.4) is 0 Å². The summed E-state index contributed by atoms with van der Waals surface area (Å²) in [5.41, 5.74) is 0.428. The number of hydrogen-bond acceptors (Lipinski definition) is 2. The minimum atomic E-state index is 0.428. The molecule has 0 saturated carbocycles. The fourth-order valence-corrected chi connectivity index (χ4v) is 1.67. The van der Waals surface area contributed by atoms with Gasteiger partial charge in [0.2, 0.25) is 0 Å². The summed E-state index contributed by atoms with van der Waals surface area (Å²) in [6.45, 7) is 11.0. The highest BCUT2D eigenvalue weighted by Gasteiger charge is 2.12. The SMILES string of the molecule is COCCN(CCBr)CCC(C)(C)C. The molecule has 0 amide bonds. The van der Waals surface area contributed by atoms with Crippen molar-refractivity contribution in [2.24, 2.45) is 5.41 Å². The van der Waals surface area contributed by atoms with Gasteiger partial charge in [0, 0.05) is 25.5 Å². The maximum absolute atomic E-state index is 5.09. The van der Waals surface area contributed by atoms with E-state index in [1.165, 1.54) is 13.0 Å². The van der Waals surface area contributed by atoms with Gasteiger partial charge in [-0.1, -0.05) is 36.7 Å². The van der Waals surface area contributed by atoms with E-state index in [9.17, 15) is 0 Å². The lowest BCUT2D eigenvalue weighted by Crippen LogP contribution is -2.32. The van der Waals surface area contributed by atoms with Crippen LogP contribution in [0.15, 0.2) is 0 Å². The largest absolute Gasteiger partial charge is 0.383 e. The predicted molar refractivity (Wildman–Crippen MR) is 66.2 cm³/mol. The van der Waals surface area contributed by atoms with Gasteiger partial charge in [-0.2, -0.15) is 0 Å². The zero-order valence-corrected chi connectivity index (χ0v) is 11.6. The molecule has 2 nitrogen and oxygen atoms in total. The van der Waals surface area contributed by atoms with Crippen LogP contribution >= 0.6 is 15.9 Å². The first-order valence-corrected chi connectivity index (χ1v) is 6.39. The van der Waals surface area contributed by atoms with Gasteiger partial charge in [0.05, 0.1) is 6.61 Å². The van der Waals surface area contributed by atoms with Crippen LogP contribution < -0.4 is 0 Å². The summed E-state index contributed by atoms with van der Waals surface area (Å²) in [6, 6.07) is 0. The molecule has 0 unspecified atom stereocenters. The normalized spacial score (nSPS) is 12.4. The number of alkyl halides is 1. The molecule has 0 atom stereocenters. The highest BCUT2D eigenvalue weighted by atomic mass is 79.9. The van der Waals surface area contributed by atoms with Gasteiger partial charge < -0.3 is 9.64 Å². The van der Waals surface area contributed by atoms with Crippen LogP contribution in [-0.4, -0.2) is 43.6 Å². The number of methoxy groups -OCH3 is 1. The number of rotatable bonds is 7. The number of halogens is 1. The molecular weight excluding hydrogens is 242 g/mol. The van der Waals surface area contributed by atoms with E-state index < -0.39 is 0 Å². The molecule has 0 aliphatic carbocycles. The van der Waals surface area contributed by atoms with Crippen LogP contribution in [-0.2, 0) is 4.74 Å². The van der Waals surface area contributed by atoms with Gasteiger partial charge in [0.25, 0.3) is 0 Å². The van der Waals surface area contributed by atoms with Crippen molar-refractivity contribution in [1.82, 2.24) is 4.90 Å². The van der Waals surface area contributed by atoms with Crippen molar-refractivity contribution in [3.05, 3.63) is 0 Å². The van der Waals surface area contributed by atoms with Crippen LogP contribution in [0.5, 0.6) is 0 Å². The average Bonchev–Trinajstić information content (AvgIpc) is 2.08. The lowest BCUT2D eigenvalue weighted by atomic mass is 9.92. The predicted octanol–water partition coefficient (Wildman–Crippen LogP) is 2.77. The summed E-state index contributed by atoms with van der Waals surface area (Å²) in [6.07, 6.45) is 1.24. The van der Waals surface area contributed by atoms with Gasteiger partial charge in [-0.15, -0.1) is 0 Å². The van der Waals surface area contributed by atoms with Gasteiger partial charge >= 0.3 is 0 Å². The Bertz CT molecular complexity index is 134. The zero-order valence-electron chi connectivity index (χ0n) is 9.98. The van der Waals surface area contributed by atoms with Crippen LogP contribution in [0.2, 0.25) is 0 Å². The first-order valence-electron chi connectivity index (χ1n) is 5.27. The van der Waals surface area contributed by atoms with Crippen molar-refractivity contribution in [2.45, 2.75) is 27.2 Å². The zero-order chi connectivity index (χ0) is 11.0. The molecule has 86 valence electrons. The fourth-order valence-electron chi connectivity index (χ4n) is 1.17. The Morgan fingerprint density at radius 2 is 1.79 bits per heavy atom. The Morgan fingerprint density at radius 3 is 2.21 bits per heavy atom. The third kappa shape index (κ3) is 8.97. The average molecular weight is 266 g/mol. The Hall–Kier alpha value is 0.400. The summed E-state index contributed by atoms with van der Waals surface area (Å²) in [5.74, 6) is 0. The van der Waals surface area contributed by atoms with Gasteiger partial charge in [-0.05, 0) is 18.4 Å². The molecule has 0 saturated heterocycles. The van der Waals surface area contributed by atoms with E-state index in [-0.39, 0.29) is 0 Å². The molecule has 0 rings (SSSR count). The maximum Gasteiger partial charge on any atom is 0.0589 e. The van der Waals surface area contributed by atoms with Crippen molar-refractivity contribution in [3.63, 3.8) is 0 Å². The molecular formula is C11H24BrNO. The highest BCUT2D eigenvalue weighted by Crippen LogP contribution is 2.18. The van der Waals surface area contributed by atoms with Gasteiger partial charge in [0.15, 0.2) is 0 Å². The Morgan fingerprint density at radius 1 is 1.14 bits per heavy atom. The first-order chi connectivity index (χ1) is 6.49. The maximum atomic E-state index is 5.09. The Labute approximate surface area is 97.1 Å². The standard InChI is InChI=1S/C11H24BrNO/c1-11(2,3)5-7-13(8-6-12)9-10-14-4/h5-10H2,1-4H3. The molecule has 0 aromatic heterocycles. The molecule has 3 heteroatoms. The van der Waals surface area contributed by atoms with Crippen molar-refractivity contribution < 1.29 is 4.74 Å². The quantitative estimate of drug-likeness (QED) is 0.657. The molecule has 0 spiro atoms. The summed E-state index contributed by atoms with van der Waals surface area (Å²) >= 11 is 3.48. The van der Waals surface area contributed by atoms with Crippen LogP contribution in [0.1, 0.15) is 27.2 Å². The molecule has 0 heterocycles. The summed E-state index contributed by atoms with van der Waals surface area (Å²) in [5, 5.41) is 1.04. The summed E-state index contributed by atoms with van der Waals surface area (Å²) in [7, 11) is 1.76. The molecule has 0 bridgehead atoms. The van der Waals surface area contributed by atoms with Gasteiger partial charge in [-0.25, -0.2) is 0 Å². The molecule has 0 aliphatic heterocycles. The number of nitrogens with zero attached hydrogens (tertiary/aromatic N) is 1. The minimum absolute atomic E-state index is 0.428. The fraction of sp³-hybridized carbons (Fsp3) is 1.00. The second-order valence-corrected chi connectivity index (χ2v) is 5.63. The summed E-state index contributed by atoms with van der Waals surface area (Å²) in [4.78, 5) is 2.45. The highest BCUT2D eigenvalue weighted by molar-refractivity contribution is 9.09. The Kier molecular flexibility index (Phi) is 7.88. The molecule has 0 aromatic rings. The van der Waals surface area contributed by atoms with Crippen molar-refractivity contribution in [1.29, 1.82) is 0 Å². The third-order valence-corrected chi connectivity index (χ3v) is 2.55. The van der Waals surface area contributed by atoms with E-state index >= 15 is 0 Å². The topological polar surface area (TPSA) is 12.5 Å². The molecule has 0 radical (unpaired) electrons. The van der Waals surface area contributed by atoms with Gasteiger partial charge in [-0.3, -0.25) is 0 Å². The lowest BCUT2D eigenvalue weighted by molar-refractivity contribution is 0.143. The van der Waals surface area contributed by atoms with Crippen LogP contribution in [0.4, 0.5) is 0 Å². The second kappa shape index (κ2) is 7.66. The van der Waals surface area contributed by atoms with E-state index in [1.54, 1.807) is 7.11 Å².